The number of aliphatic hydroxyl groups excluding tert-OH is 1. The number of anilines is 2. The molecule has 4 N–H and O–H groups in total. The summed E-state index contributed by atoms with van der Waals surface area (Å²) in [7, 11) is -4.16. The molecule has 1 aromatic carbocycles. The first-order valence-corrected chi connectivity index (χ1v) is 13.1. The SMILES string of the molecule is C=CC(Nc1onc(C)c1Cl)S(=O)(=O)c1cc(C)sc1C(=O)Nc1cc(C)cc(C)c1C(=N)CO. The molecular formula is C23H25ClN4O5S2. The summed E-state index contributed by atoms with van der Waals surface area (Å²) in [6.07, 6.45) is 1.17. The summed E-state index contributed by atoms with van der Waals surface area (Å²) >= 11 is 7.14. The molecule has 0 saturated heterocycles. The van der Waals surface area contributed by atoms with Crippen molar-refractivity contribution in [3.05, 3.63) is 68.0 Å². The van der Waals surface area contributed by atoms with Crippen molar-refractivity contribution in [2.45, 2.75) is 38.0 Å². The third kappa shape index (κ3) is 5.32. The van der Waals surface area contributed by atoms with Crippen LogP contribution >= 0.6 is 22.9 Å². The molecule has 1 atom stereocenters. The van der Waals surface area contributed by atoms with Crippen LogP contribution < -0.4 is 10.6 Å². The Hall–Kier alpha value is -2.99. The minimum Gasteiger partial charge on any atom is -0.390 e. The number of benzene rings is 1. The van der Waals surface area contributed by atoms with Crippen molar-refractivity contribution in [3.8, 4) is 0 Å². The number of carbonyl (C=O) groups is 1. The van der Waals surface area contributed by atoms with Gasteiger partial charge in [0, 0.05) is 10.4 Å². The first-order valence-electron chi connectivity index (χ1n) is 10.4. The molecule has 2 aromatic heterocycles. The highest BCUT2D eigenvalue weighted by Crippen LogP contribution is 2.33. The van der Waals surface area contributed by atoms with Crippen LogP contribution in [0.1, 0.15) is 36.9 Å². The monoisotopic (exact) mass is 536 g/mol. The highest BCUT2D eigenvalue weighted by atomic mass is 35.5. The number of aromatic nitrogens is 1. The molecule has 0 aliphatic carbocycles. The van der Waals surface area contributed by atoms with E-state index in [-0.39, 0.29) is 26.4 Å². The molecular weight excluding hydrogens is 512 g/mol. The Balaban J connectivity index is 2.01. The number of nitrogens with zero attached hydrogens (tertiary/aromatic N) is 1. The second-order valence-corrected chi connectivity index (χ2v) is 11.6. The quantitative estimate of drug-likeness (QED) is 0.230. The van der Waals surface area contributed by atoms with Gasteiger partial charge >= 0.3 is 0 Å². The molecule has 1 amide bonds. The maximum Gasteiger partial charge on any atom is 0.267 e. The highest BCUT2D eigenvalue weighted by Gasteiger charge is 2.33. The summed E-state index contributed by atoms with van der Waals surface area (Å²) in [5.41, 5.74) is 2.54. The van der Waals surface area contributed by atoms with Gasteiger partial charge in [0.05, 0.1) is 22.9 Å². The van der Waals surface area contributed by atoms with Crippen LogP contribution in [-0.4, -0.2) is 42.3 Å². The van der Waals surface area contributed by atoms with Crippen molar-refractivity contribution in [3.63, 3.8) is 0 Å². The normalized spacial score (nSPS) is 12.3. The molecule has 0 fully saturated rings. The second-order valence-electron chi connectivity index (χ2n) is 7.90. The molecule has 186 valence electrons. The fourth-order valence-corrected chi connectivity index (χ4v) is 6.52. The Labute approximate surface area is 212 Å². The van der Waals surface area contributed by atoms with E-state index in [0.717, 1.165) is 16.9 Å². The van der Waals surface area contributed by atoms with Gasteiger partial charge in [-0.3, -0.25) is 4.79 Å². The number of carbonyl (C=O) groups excluding carboxylic acids is 1. The molecule has 3 aromatic rings. The molecule has 12 heteroatoms. The molecule has 0 aliphatic heterocycles. The van der Waals surface area contributed by atoms with E-state index >= 15 is 0 Å². The fraction of sp³-hybridized carbons (Fsp3) is 0.261. The van der Waals surface area contributed by atoms with Crippen molar-refractivity contribution in [1.82, 2.24) is 5.16 Å². The number of nitrogens with one attached hydrogen (secondary N) is 3. The average Bonchev–Trinajstić information content (AvgIpc) is 3.34. The van der Waals surface area contributed by atoms with E-state index in [4.69, 9.17) is 21.5 Å². The summed E-state index contributed by atoms with van der Waals surface area (Å²) in [6, 6.07) is 4.91. The van der Waals surface area contributed by atoms with E-state index in [9.17, 15) is 18.3 Å². The zero-order valence-corrected chi connectivity index (χ0v) is 21.9. The molecule has 0 radical (unpaired) electrons. The molecule has 0 saturated carbocycles. The zero-order chi connectivity index (χ0) is 26.1. The number of aliphatic hydroxyl groups is 1. The summed E-state index contributed by atoms with van der Waals surface area (Å²) in [6.45, 7) is 9.99. The number of halogens is 1. The molecule has 2 heterocycles. The number of thiophene rings is 1. The first-order chi connectivity index (χ1) is 16.4. The van der Waals surface area contributed by atoms with Crippen LogP contribution in [0.2, 0.25) is 5.02 Å². The van der Waals surface area contributed by atoms with Crippen molar-refractivity contribution in [2.24, 2.45) is 0 Å². The van der Waals surface area contributed by atoms with Gasteiger partial charge in [0.25, 0.3) is 5.91 Å². The van der Waals surface area contributed by atoms with E-state index < -0.39 is 27.7 Å². The lowest BCUT2D eigenvalue weighted by Crippen LogP contribution is -2.29. The third-order valence-corrected chi connectivity index (χ3v) is 8.67. The maximum atomic E-state index is 13.5. The topological polar surface area (TPSA) is 145 Å². The van der Waals surface area contributed by atoms with Gasteiger partial charge in [-0.05, 0) is 51.0 Å². The summed E-state index contributed by atoms with van der Waals surface area (Å²) < 4.78 is 32.1. The smallest absolute Gasteiger partial charge is 0.267 e. The van der Waals surface area contributed by atoms with Gasteiger partial charge in [-0.1, -0.05) is 35.5 Å². The van der Waals surface area contributed by atoms with Crippen LogP contribution in [0, 0.1) is 33.1 Å². The lowest BCUT2D eigenvalue weighted by Gasteiger charge is -2.17. The van der Waals surface area contributed by atoms with Gasteiger partial charge in [0.2, 0.25) is 15.7 Å². The van der Waals surface area contributed by atoms with E-state index in [0.29, 0.717) is 27.4 Å². The van der Waals surface area contributed by atoms with Crippen molar-refractivity contribution >= 4 is 56.0 Å². The number of rotatable bonds is 9. The van der Waals surface area contributed by atoms with Gasteiger partial charge in [-0.25, -0.2) is 8.42 Å². The Morgan fingerprint density at radius 3 is 2.57 bits per heavy atom. The number of aryl methyl sites for hydroxylation is 4. The first kappa shape index (κ1) is 26.6. The predicted molar refractivity (Wildman–Crippen MR) is 138 cm³/mol. The molecule has 35 heavy (non-hydrogen) atoms. The van der Waals surface area contributed by atoms with Gasteiger partial charge in [0.15, 0.2) is 5.37 Å². The van der Waals surface area contributed by atoms with Crippen LogP contribution in [-0.2, 0) is 9.84 Å². The number of sulfone groups is 1. The Morgan fingerprint density at radius 1 is 1.31 bits per heavy atom. The fourth-order valence-electron chi connectivity index (χ4n) is 3.56. The minimum atomic E-state index is -4.16. The Morgan fingerprint density at radius 2 is 2.00 bits per heavy atom. The van der Waals surface area contributed by atoms with Crippen LogP contribution in [0.15, 0.2) is 40.3 Å². The number of amides is 1. The molecule has 0 aliphatic rings. The Bertz CT molecular complexity index is 1430. The van der Waals surface area contributed by atoms with Gasteiger partial charge < -0.3 is 25.7 Å². The zero-order valence-electron chi connectivity index (χ0n) is 19.5. The highest BCUT2D eigenvalue weighted by molar-refractivity contribution is 7.92. The number of hydrogen-bond donors (Lipinski definition) is 4. The molecule has 0 bridgehead atoms. The molecule has 9 nitrogen and oxygen atoms in total. The van der Waals surface area contributed by atoms with E-state index in [2.05, 4.69) is 22.4 Å². The largest absolute Gasteiger partial charge is 0.390 e. The second kappa shape index (κ2) is 10.3. The predicted octanol–water partition coefficient (Wildman–Crippen LogP) is 4.63. The molecule has 0 spiro atoms. The van der Waals surface area contributed by atoms with Crippen LogP contribution in [0.5, 0.6) is 0 Å². The van der Waals surface area contributed by atoms with Gasteiger partial charge in [0.1, 0.15) is 15.6 Å². The van der Waals surface area contributed by atoms with Gasteiger partial charge in [-0.2, -0.15) is 0 Å². The average molecular weight is 537 g/mol. The van der Waals surface area contributed by atoms with Crippen LogP contribution in [0.4, 0.5) is 11.6 Å². The Kier molecular flexibility index (Phi) is 7.85. The van der Waals surface area contributed by atoms with Crippen LogP contribution in [0.25, 0.3) is 0 Å². The maximum absolute atomic E-state index is 13.5. The number of hydrogen-bond acceptors (Lipinski definition) is 9. The van der Waals surface area contributed by atoms with E-state index in [1.165, 1.54) is 12.1 Å². The van der Waals surface area contributed by atoms with Crippen molar-refractivity contribution in [2.75, 3.05) is 17.2 Å². The molecule has 1 unspecified atom stereocenters. The van der Waals surface area contributed by atoms with Gasteiger partial charge in [-0.15, -0.1) is 11.3 Å². The third-order valence-electron chi connectivity index (χ3n) is 5.13. The van der Waals surface area contributed by atoms with Crippen LogP contribution in [0.3, 0.4) is 0 Å². The van der Waals surface area contributed by atoms with Crippen molar-refractivity contribution < 1.29 is 22.8 Å². The summed E-state index contributed by atoms with van der Waals surface area (Å²) in [5.74, 6) is -0.687. The lowest BCUT2D eigenvalue weighted by atomic mass is 9.99. The summed E-state index contributed by atoms with van der Waals surface area (Å²) in [5, 5.41) is 25.5. The lowest BCUT2D eigenvalue weighted by molar-refractivity contribution is 0.102. The standard InChI is InChI=1S/C23H25ClN4O5S2/c1-6-18(27-23-20(24)14(5)28-33-23)35(31,32)17-9-13(4)34-21(17)22(30)26-16-8-11(2)7-12(3)19(16)15(25)10-29/h6-9,18,25,27,29H,1,10H2,2-5H3,(H,26,30). The molecule has 3 rings (SSSR count). The minimum absolute atomic E-state index is 0.0296. The summed E-state index contributed by atoms with van der Waals surface area (Å²) in [4.78, 5) is 13.7. The van der Waals surface area contributed by atoms with Crippen molar-refractivity contribution in [1.29, 1.82) is 5.41 Å². The van der Waals surface area contributed by atoms with E-state index in [1.807, 2.05) is 13.0 Å². The van der Waals surface area contributed by atoms with E-state index in [1.54, 1.807) is 26.8 Å².